The van der Waals surface area contributed by atoms with Gasteiger partial charge in [0, 0.05) is 6.54 Å². The molecule has 76 valence electrons. The minimum Gasteiger partial charge on any atom is -0.359 e. The maximum absolute atomic E-state index is 10.1. The van der Waals surface area contributed by atoms with E-state index in [0.717, 1.165) is 18.9 Å². The summed E-state index contributed by atoms with van der Waals surface area (Å²) in [6, 6.07) is 0. The summed E-state index contributed by atoms with van der Waals surface area (Å²) in [5.41, 5.74) is 0. The molecule has 1 N–H and O–H groups in total. The average Bonchev–Trinajstić information content (AvgIpc) is 2.08. The molecule has 1 rings (SSSR count). The minimum atomic E-state index is 0.808. The fourth-order valence-electron chi connectivity index (χ4n) is 2.18. The number of hydrogen-bond acceptors (Lipinski definition) is 1. The molecule has 13 heavy (non-hydrogen) atoms. The molecule has 0 spiro atoms. The molecule has 1 saturated carbocycles. The molecular formula is C11H21NO. The molecular weight excluding hydrogens is 162 g/mol. The lowest BCUT2D eigenvalue weighted by atomic mass is 9.89. The van der Waals surface area contributed by atoms with Crippen LogP contribution in [0.3, 0.4) is 0 Å². The summed E-state index contributed by atoms with van der Waals surface area (Å²) >= 11 is 0. The summed E-state index contributed by atoms with van der Waals surface area (Å²) in [4.78, 5) is 10.1. The lowest BCUT2D eigenvalue weighted by molar-refractivity contribution is -0.109. The Hall–Kier alpha value is -0.530. The number of carbonyl (C=O) groups is 1. The second-order valence-electron chi connectivity index (χ2n) is 4.07. The molecule has 0 aliphatic heterocycles. The van der Waals surface area contributed by atoms with E-state index in [1.54, 1.807) is 0 Å². The van der Waals surface area contributed by atoms with Crippen LogP contribution < -0.4 is 5.32 Å². The number of amides is 1. The van der Waals surface area contributed by atoms with Gasteiger partial charge in [-0.05, 0) is 12.3 Å². The standard InChI is InChI=1S/C11H21NO/c13-10-12-9-8-11-6-4-2-1-3-5-7-11/h10-11H,1-9H2,(H,12,13). The van der Waals surface area contributed by atoms with Crippen LogP contribution in [0, 0.1) is 5.92 Å². The number of nitrogens with one attached hydrogen (secondary N) is 1. The number of rotatable bonds is 4. The van der Waals surface area contributed by atoms with Crippen LogP contribution in [0.2, 0.25) is 0 Å². The summed E-state index contributed by atoms with van der Waals surface area (Å²) in [6.07, 6.45) is 11.8. The van der Waals surface area contributed by atoms with Crippen molar-refractivity contribution in [3.63, 3.8) is 0 Å². The van der Waals surface area contributed by atoms with Crippen molar-refractivity contribution in [3.8, 4) is 0 Å². The van der Waals surface area contributed by atoms with Gasteiger partial charge in [-0.15, -0.1) is 0 Å². The summed E-state index contributed by atoms with van der Waals surface area (Å²) in [5.74, 6) is 0.868. The number of hydrogen-bond donors (Lipinski definition) is 1. The predicted octanol–water partition coefficient (Wildman–Crippen LogP) is 2.48. The monoisotopic (exact) mass is 183 g/mol. The molecule has 0 heterocycles. The first kappa shape index (κ1) is 10.6. The van der Waals surface area contributed by atoms with Crippen molar-refractivity contribution in [1.29, 1.82) is 0 Å². The Balaban J connectivity index is 2.10. The van der Waals surface area contributed by atoms with Crippen LogP contribution in [0.25, 0.3) is 0 Å². The Morgan fingerprint density at radius 1 is 1.08 bits per heavy atom. The molecule has 1 amide bonds. The van der Waals surface area contributed by atoms with E-state index < -0.39 is 0 Å². The Labute approximate surface area is 81.1 Å². The Morgan fingerprint density at radius 3 is 2.31 bits per heavy atom. The van der Waals surface area contributed by atoms with Gasteiger partial charge in [-0.25, -0.2) is 0 Å². The third-order valence-electron chi connectivity index (χ3n) is 3.01. The topological polar surface area (TPSA) is 29.1 Å². The molecule has 2 heteroatoms. The quantitative estimate of drug-likeness (QED) is 0.526. The van der Waals surface area contributed by atoms with E-state index in [2.05, 4.69) is 5.32 Å². The molecule has 0 aromatic rings. The van der Waals surface area contributed by atoms with Crippen LogP contribution in [-0.2, 0) is 4.79 Å². The third kappa shape index (κ3) is 4.91. The van der Waals surface area contributed by atoms with E-state index in [4.69, 9.17) is 0 Å². The van der Waals surface area contributed by atoms with Gasteiger partial charge in [-0.3, -0.25) is 4.79 Å². The van der Waals surface area contributed by atoms with Crippen LogP contribution >= 0.6 is 0 Å². The molecule has 1 aliphatic rings. The van der Waals surface area contributed by atoms with Gasteiger partial charge in [0.1, 0.15) is 0 Å². The van der Waals surface area contributed by atoms with Crippen LogP contribution in [0.5, 0.6) is 0 Å². The zero-order valence-electron chi connectivity index (χ0n) is 8.43. The first-order valence-electron chi connectivity index (χ1n) is 5.60. The van der Waals surface area contributed by atoms with Gasteiger partial charge in [0.15, 0.2) is 0 Å². The van der Waals surface area contributed by atoms with E-state index in [1.807, 2.05) is 0 Å². The van der Waals surface area contributed by atoms with Crippen molar-refractivity contribution < 1.29 is 4.79 Å². The van der Waals surface area contributed by atoms with Crippen molar-refractivity contribution >= 4 is 6.41 Å². The Bertz CT molecular complexity index is 128. The Morgan fingerprint density at radius 2 is 1.69 bits per heavy atom. The molecule has 0 unspecified atom stereocenters. The fourth-order valence-corrected chi connectivity index (χ4v) is 2.18. The molecule has 0 aromatic heterocycles. The minimum absolute atomic E-state index is 0.808. The van der Waals surface area contributed by atoms with Crippen molar-refractivity contribution in [1.82, 2.24) is 5.32 Å². The van der Waals surface area contributed by atoms with Crippen LogP contribution in [0.1, 0.15) is 51.4 Å². The summed E-state index contributed by atoms with van der Waals surface area (Å²) in [6.45, 7) is 0.869. The lowest BCUT2D eigenvalue weighted by Crippen LogP contribution is -2.16. The van der Waals surface area contributed by atoms with Gasteiger partial charge < -0.3 is 5.32 Å². The highest BCUT2D eigenvalue weighted by Gasteiger charge is 2.10. The maximum Gasteiger partial charge on any atom is 0.207 e. The van der Waals surface area contributed by atoms with E-state index in [1.165, 1.54) is 51.4 Å². The predicted molar refractivity (Wildman–Crippen MR) is 54.5 cm³/mol. The molecule has 2 nitrogen and oxygen atoms in total. The highest BCUT2D eigenvalue weighted by Crippen LogP contribution is 2.24. The smallest absolute Gasteiger partial charge is 0.207 e. The van der Waals surface area contributed by atoms with Gasteiger partial charge in [0.05, 0.1) is 0 Å². The largest absolute Gasteiger partial charge is 0.359 e. The molecule has 1 fully saturated rings. The summed E-state index contributed by atoms with van der Waals surface area (Å²) in [7, 11) is 0. The fraction of sp³-hybridized carbons (Fsp3) is 0.909. The zero-order chi connectivity index (χ0) is 9.36. The first-order valence-corrected chi connectivity index (χ1v) is 5.60. The van der Waals surface area contributed by atoms with E-state index in [-0.39, 0.29) is 0 Å². The number of carbonyl (C=O) groups excluding carboxylic acids is 1. The SMILES string of the molecule is O=CNCCC1CCCCCCC1. The molecule has 1 aliphatic carbocycles. The van der Waals surface area contributed by atoms with Gasteiger partial charge in [-0.2, -0.15) is 0 Å². The summed E-state index contributed by atoms with van der Waals surface area (Å²) < 4.78 is 0. The van der Waals surface area contributed by atoms with Crippen molar-refractivity contribution in [2.75, 3.05) is 6.54 Å². The van der Waals surface area contributed by atoms with E-state index >= 15 is 0 Å². The molecule has 0 bridgehead atoms. The molecule has 0 saturated heterocycles. The normalized spacial score (nSPS) is 20.3. The second kappa shape index (κ2) is 6.93. The van der Waals surface area contributed by atoms with Crippen molar-refractivity contribution in [2.45, 2.75) is 51.4 Å². The van der Waals surface area contributed by atoms with Gasteiger partial charge in [0.2, 0.25) is 6.41 Å². The molecule has 0 radical (unpaired) electrons. The molecule has 0 aromatic carbocycles. The van der Waals surface area contributed by atoms with Gasteiger partial charge >= 0.3 is 0 Å². The maximum atomic E-state index is 10.1. The zero-order valence-corrected chi connectivity index (χ0v) is 8.43. The van der Waals surface area contributed by atoms with E-state index in [9.17, 15) is 4.79 Å². The van der Waals surface area contributed by atoms with Crippen molar-refractivity contribution in [3.05, 3.63) is 0 Å². The Kier molecular flexibility index (Phi) is 5.62. The van der Waals surface area contributed by atoms with Crippen LogP contribution in [-0.4, -0.2) is 13.0 Å². The lowest BCUT2D eigenvalue weighted by Gasteiger charge is -2.18. The second-order valence-corrected chi connectivity index (χ2v) is 4.07. The average molecular weight is 183 g/mol. The van der Waals surface area contributed by atoms with Crippen LogP contribution in [0.4, 0.5) is 0 Å². The van der Waals surface area contributed by atoms with Gasteiger partial charge in [0.25, 0.3) is 0 Å². The molecule has 0 atom stereocenters. The highest BCUT2D eigenvalue weighted by atomic mass is 16.1. The van der Waals surface area contributed by atoms with E-state index in [0.29, 0.717) is 0 Å². The van der Waals surface area contributed by atoms with Crippen LogP contribution in [0.15, 0.2) is 0 Å². The highest BCUT2D eigenvalue weighted by molar-refractivity contribution is 5.45. The summed E-state index contributed by atoms with van der Waals surface area (Å²) in [5, 5.41) is 2.75. The van der Waals surface area contributed by atoms with Crippen molar-refractivity contribution in [2.24, 2.45) is 5.92 Å². The first-order chi connectivity index (χ1) is 6.43. The third-order valence-corrected chi connectivity index (χ3v) is 3.01. The van der Waals surface area contributed by atoms with Gasteiger partial charge in [-0.1, -0.05) is 44.9 Å².